The van der Waals surface area contributed by atoms with Crippen LogP contribution in [-0.4, -0.2) is 38.7 Å². The zero-order valence-electron chi connectivity index (χ0n) is 16.6. The van der Waals surface area contributed by atoms with Crippen molar-refractivity contribution < 1.29 is 9.21 Å². The average Bonchev–Trinajstić information content (AvgIpc) is 3.38. The van der Waals surface area contributed by atoms with Gasteiger partial charge in [0.1, 0.15) is 5.52 Å². The van der Waals surface area contributed by atoms with Gasteiger partial charge in [-0.25, -0.2) is 9.67 Å². The minimum absolute atomic E-state index is 0.0173. The predicted molar refractivity (Wildman–Crippen MR) is 115 cm³/mol. The highest BCUT2D eigenvalue weighted by Gasteiger charge is 2.29. The van der Waals surface area contributed by atoms with Crippen molar-refractivity contribution in [1.82, 2.24) is 19.7 Å². The molecule has 2 aromatic heterocycles. The van der Waals surface area contributed by atoms with Crippen LogP contribution in [-0.2, 0) is 0 Å². The van der Waals surface area contributed by atoms with Crippen LogP contribution >= 0.6 is 11.6 Å². The first-order chi connectivity index (χ1) is 14.6. The van der Waals surface area contributed by atoms with Crippen LogP contribution in [0.5, 0.6) is 0 Å². The number of piperidine rings is 1. The third kappa shape index (κ3) is 3.37. The van der Waals surface area contributed by atoms with E-state index in [-0.39, 0.29) is 11.8 Å². The van der Waals surface area contributed by atoms with Crippen molar-refractivity contribution in [3.05, 3.63) is 76.9 Å². The van der Waals surface area contributed by atoms with Gasteiger partial charge in [-0.2, -0.15) is 5.10 Å². The average molecular weight is 421 g/mol. The molecule has 0 atom stereocenters. The Bertz CT molecular complexity index is 1170. The molecule has 30 heavy (non-hydrogen) atoms. The molecule has 0 bridgehead atoms. The molecule has 6 nitrogen and oxygen atoms in total. The van der Waals surface area contributed by atoms with Gasteiger partial charge in [-0.3, -0.25) is 4.79 Å². The van der Waals surface area contributed by atoms with Crippen LogP contribution in [0.1, 0.15) is 40.7 Å². The molecule has 7 heteroatoms. The summed E-state index contributed by atoms with van der Waals surface area (Å²) in [6.45, 7) is 3.27. The maximum absolute atomic E-state index is 13.1. The van der Waals surface area contributed by atoms with E-state index in [1.807, 2.05) is 60.4 Å². The van der Waals surface area contributed by atoms with Gasteiger partial charge in [0.2, 0.25) is 0 Å². The Morgan fingerprint density at radius 2 is 1.83 bits per heavy atom. The summed E-state index contributed by atoms with van der Waals surface area (Å²) in [6, 6.07) is 15.2. The fourth-order valence-electron chi connectivity index (χ4n) is 4.03. The van der Waals surface area contributed by atoms with Crippen LogP contribution in [0.4, 0.5) is 0 Å². The van der Waals surface area contributed by atoms with Crippen molar-refractivity contribution >= 4 is 28.6 Å². The van der Waals surface area contributed by atoms with E-state index in [4.69, 9.17) is 16.0 Å². The van der Waals surface area contributed by atoms with E-state index in [0.717, 1.165) is 41.2 Å². The molecule has 4 aromatic rings. The highest BCUT2D eigenvalue weighted by molar-refractivity contribution is 6.30. The van der Waals surface area contributed by atoms with Crippen molar-refractivity contribution in [3.63, 3.8) is 0 Å². The smallest absolute Gasteiger partial charge is 0.257 e. The molecule has 0 unspecified atom stereocenters. The lowest BCUT2D eigenvalue weighted by molar-refractivity contribution is 0.0706. The lowest BCUT2D eigenvalue weighted by Gasteiger charge is -2.30. The maximum Gasteiger partial charge on any atom is 0.257 e. The van der Waals surface area contributed by atoms with Gasteiger partial charge in [-0.05, 0) is 56.2 Å². The van der Waals surface area contributed by atoms with Crippen LogP contribution in [0.15, 0.2) is 59.1 Å². The normalized spacial score (nSPS) is 15.1. The molecular weight excluding hydrogens is 400 g/mol. The highest BCUT2D eigenvalue weighted by Crippen LogP contribution is 2.30. The van der Waals surface area contributed by atoms with Crippen LogP contribution in [0.25, 0.3) is 16.8 Å². The second-order valence-electron chi connectivity index (χ2n) is 7.62. The Labute approximate surface area is 179 Å². The van der Waals surface area contributed by atoms with E-state index in [1.54, 1.807) is 10.9 Å². The van der Waals surface area contributed by atoms with Crippen molar-refractivity contribution in [1.29, 1.82) is 0 Å². The van der Waals surface area contributed by atoms with Gasteiger partial charge < -0.3 is 9.32 Å². The Kier molecular flexibility index (Phi) is 4.79. The lowest BCUT2D eigenvalue weighted by Crippen LogP contribution is -2.38. The van der Waals surface area contributed by atoms with Gasteiger partial charge in [0.15, 0.2) is 11.5 Å². The minimum Gasteiger partial charge on any atom is -0.440 e. The number of rotatable bonds is 3. The Balaban J connectivity index is 1.29. The third-order valence-corrected chi connectivity index (χ3v) is 6.01. The number of aromatic nitrogens is 3. The molecule has 1 aliphatic rings. The number of hydrogen-bond donors (Lipinski definition) is 0. The van der Waals surface area contributed by atoms with E-state index in [9.17, 15) is 4.79 Å². The number of carbonyl (C=O) groups excluding carboxylic acids is 1. The SMILES string of the molecule is Cc1c(C(=O)N2CCC(c3nc4ccccc4o3)CC2)cnn1-c1ccc(Cl)cc1. The fourth-order valence-corrected chi connectivity index (χ4v) is 4.15. The highest BCUT2D eigenvalue weighted by atomic mass is 35.5. The molecule has 3 heterocycles. The number of amides is 1. The van der Waals surface area contributed by atoms with Crippen molar-refractivity contribution in [2.24, 2.45) is 0 Å². The summed E-state index contributed by atoms with van der Waals surface area (Å²) in [4.78, 5) is 19.6. The molecule has 0 radical (unpaired) electrons. The molecule has 0 N–H and O–H groups in total. The second-order valence-corrected chi connectivity index (χ2v) is 8.05. The molecule has 1 fully saturated rings. The van der Waals surface area contributed by atoms with Gasteiger partial charge in [-0.1, -0.05) is 23.7 Å². The molecule has 0 aliphatic carbocycles. The summed E-state index contributed by atoms with van der Waals surface area (Å²) >= 11 is 5.97. The van der Waals surface area contributed by atoms with Crippen LogP contribution in [0, 0.1) is 6.92 Å². The predicted octanol–water partition coefficient (Wildman–Crippen LogP) is 5.00. The number of likely N-dealkylation sites (tertiary alicyclic amines) is 1. The van der Waals surface area contributed by atoms with E-state index in [1.165, 1.54) is 0 Å². The van der Waals surface area contributed by atoms with E-state index in [2.05, 4.69) is 10.1 Å². The van der Waals surface area contributed by atoms with E-state index >= 15 is 0 Å². The van der Waals surface area contributed by atoms with Crippen LogP contribution < -0.4 is 0 Å². The molecule has 0 saturated carbocycles. The molecule has 0 spiro atoms. The summed E-state index contributed by atoms with van der Waals surface area (Å²) in [7, 11) is 0. The van der Waals surface area contributed by atoms with Gasteiger partial charge >= 0.3 is 0 Å². The number of nitrogens with zero attached hydrogens (tertiary/aromatic N) is 4. The summed E-state index contributed by atoms with van der Waals surface area (Å²) in [6.07, 6.45) is 3.32. The number of para-hydroxylation sites is 2. The molecule has 152 valence electrons. The third-order valence-electron chi connectivity index (χ3n) is 5.75. The lowest BCUT2D eigenvalue weighted by atomic mass is 9.96. The Hall–Kier alpha value is -3.12. The molecule has 2 aromatic carbocycles. The number of benzene rings is 2. The zero-order valence-corrected chi connectivity index (χ0v) is 17.3. The molecule has 1 aliphatic heterocycles. The van der Waals surface area contributed by atoms with Crippen molar-refractivity contribution in [2.75, 3.05) is 13.1 Å². The van der Waals surface area contributed by atoms with E-state index in [0.29, 0.717) is 23.7 Å². The number of hydrogen-bond acceptors (Lipinski definition) is 4. The first-order valence-corrected chi connectivity index (χ1v) is 10.4. The number of halogens is 1. The van der Waals surface area contributed by atoms with Gasteiger partial charge in [0, 0.05) is 24.0 Å². The first kappa shape index (κ1) is 18.9. The van der Waals surface area contributed by atoms with Gasteiger partial charge in [0.25, 0.3) is 5.91 Å². The van der Waals surface area contributed by atoms with E-state index < -0.39 is 0 Å². The second kappa shape index (κ2) is 7.61. The van der Waals surface area contributed by atoms with Crippen LogP contribution in [0.2, 0.25) is 5.02 Å². The topological polar surface area (TPSA) is 64.2 Å². The molecule has 5 rings (SSSR count). The summed E-state index contributed by atoms with van der Waals surface area (Å²) in [5.41, 5.74) is 4.03. The maximum atomic E-state index is 13.1. The zero-order chi connectivity index (χ0) is 20.7. The van der Waals surface area contributed by atoms with Crippen molar-refractivity contribution in [2.45, 2.75) is 25.7 Å². The van der Waals surface area contributed by atoms with Gasteiger partial charge in [-0.15, -0.1) is 0 Å². The monoisotopic (exact) mass is 420 g/mol. The Morgan fingerprint density at radius 3 is 2.57 bits per heavy atom. The number of fused-ring (bicyclic) bond motifs is 1. The van der Waals surface area contributed by atoms with Gasteiger partial charge in [0.05, 0.1) is 23.1 Å². The standard InChI is InChI=1S/C23H21ClN4O2/c1-15-19(14-25-28(15)18-8-6-17(24)7-9-18)23(29)27-12-10-16(11-13-27)22-26-20-4-2-3-5-21(20)30-22/h2-9,14,16H,10-13H2,1H3. The fraction of sp³-hybridized carbons (Fsp3) is 0.261. The van der Waals surface area contributed by atoms with Crippen molar-refractivity contribution in [3.8, 4) is 5.69 Å². The quantitative estimate of drug-likeness (QED) is 0.468. The largest absolute Gasteiger partial charge is 0.440 e. The first-order valence-electron chi connectivity index (χ1n) is 10.1. The molecule has 1 saturated heterocycles. The molecule has 1 amide bonds. The summed E-state index contributed by atoms with van der Waals surface area (Å²) in [5.74, 6) is 1.03. The summed E-state index contributed by atoms with van der Waals surface area (Å²) < 4.78 is 7.70. The molecular formula is C23H21ClN4O2. The minimum atomic E-state index is 0.0173. The van der Waals surface area contributed by atoms with Crippen LogP contribution in [0.3, 0.4) is 0 Å². The number of oxazole rings is 1. The Morgan fingerprint density at radius 1 is 1.10 bits per heavy atom. The summed E-state index contributed by atoms with van der Waals surface area (Å²) in [5, 5.41) is 5.09. The number of carbonyl (C=O) groups is 1.